The summed E-state index contributed by atoms with van der Waals surface area (Å²) in [6.45, 7) is -0.471. The third-order valence-electron chi connectivity index (χ3n) is 3.17. The van der Waals surface area contributed by atoms with Crippen LogP contribution in [0.25, 0.3) is 0 Å². The number of carboxylic acids is 1. The molecule has 0 aromatic heterocycles. The molecule has 0 aromatic carbocycles. The molecule has 3 N–H and O–H groups in total. The molecule has 1 atom stereocenters. The van der Waals surface area contributed by atoms with Gasteiger partial charge in [0, 0.05) is 6.04 Å². The van der Waals surface area contributed by atoms with Gasteiger partial charge < -0.3 is 15.7 Å². The lowest BCUT2D eigenvalue weighted by Gasteiger charge is -2.18. The van der Waals surface area contributed by atoms with Crippen molar-refractivity contribution in [3.8, 4) is 0 Å². The second kappa shape index (κ2) is 5.25. The molecule has 1 saturated heterocycles. The van der Waals surface area contributed by atoms with Gasteiger partial charge in [0.1, 0.15) is 6.54 Å². The Morgan fingerprint density at radius 3 is 2.58 bits per heavy atom. The van der Waals surface area contributed by atoms with Crippen molar-refractivity contribution < 1.29 is 24.3 Å². The minimum Gasteiger partial charge on any atom is -0.481 e. The molecular weight excluding hydrogens is 254 g/mol. The van der Waals surface area contributed by atoms with E-state index in [9.17, 15) is 19.2 Å². The zero-order chi connectivity index (χ0) is 14.0. The fraction of sp³-hybridized carbons (Fsp3) is 0.636. The van der Waals surface area contributed by atoms with Crippen LogP contribution in [-0.2, 0) is 14.4 Å². The molecule has 4 amide bonds. The Morgan fingerprint density at radius 1 is 1.42 bits per heavy atom. The van der Waals surface area contributed by atoms with Crippen LogP contribution in [0.1, 0.15) is 19.3 Å². The lowest BCUT2D eigenvalue weighted by Crippen LogP contribution is -2.45. The minimum absolute atomic E-state index is 0.104. The van der Waals surface area contributed by atoms with Gasteiger partial charge in [-0.25, -0.2) is 4.79 Å². The number of nitrogens with zero attached hydrogens (tertiary/aromatic N) is 1. The standard InChI is InChI=1S/C11H15N3O5/c15-8(5-14-9(16)4-12-11(14)19)13-7(3-10(17)18)6-1-2-6/h6-7H,1-5H2,(H,12,19)(H,13,15)(H,17,18). The number of nitrogens with one attached hydrogen (secondary N) is 2. The smallest absolute Gasteiger partial charge is 0.325 e. The molecule has 1 aliphatic carbocycles. The summed E-state index contributed by atoms with van der Waals surface area (Å²) in [4.78, 5) is 45.8. The van der Waals surface area contributed by atoms with E-state index >= 15 is 0 Å². The Kier molecular flexibility index (Phi) is 3.68. The van der Waals surface area contributed by atoms with Gasteiger partial charge in [0.15, 0.2) is 0 Å². The van der Waals surface area contributed by atoms with E-state index in [4.69, 9.17) is 5.11 Å². The van der Waals surface area contributed by atoms with Gasteiger partial charge >= 0.3 is 12.0 Å². The molecule has 8 nitrogen and oxygen atoms in total. The van der Waals surface area contributed by atoms with E-state index in [1.54, 1.807) is 0 Å². The van der Waals surface area contributed by atoms with Crippen molar-refractivity contribution in [3.63, 3.8) is 0 Å². The van der Waals surface area contributed by atoms with E-state index < -0.39 is 29.9 Å². The van der Waals surface area contributed by atoms with E-state index in [1.165, 1.54) is 0 Å². The van der Waals surface area contributed by atoms with E-state index in [0.717, 1.165) is 17.7 Å². The molecule has 1 unspecified atom stereocenters. The number of hydrogen-bond donors (Lipinski definition) is 3. The molecule has 104 valence electrons. The van der Waals surface area contributed by atoms with Crippen LogP contribution in [0, 0.1) is 5.92 Å². The average molecular weight is 269 g/mol. The summed E-state index contributed by atoms with van der Waals surface area (Å²) in [6, 6.07) is -1.02. The van der Waals surface area contributed by atoms with Crippen molar-refractivity contribution in [2.45, 2.75) is 25.3 Å². The van der Waals surface area contributed by atoms with Crippen LogP contribution < -0.4 is 10.6 Å². The van der Waals surface area contributed by atoms with E-state index in [1.807, 2.05) is 0 Å². The lowest BCUT2D eigenvalue weighted by atomic mass is 10.1. The topological polar surface area (TPSA) is 116 Å². The van der Waals surface area contributed by atoms with Gasteiger partial charge in [-0.3, -0.25) is 19.3 Å². The molecule has 2 fully saturated rings. The molecule has 1 heterocycles. The van der Waals surface area contributed by atoms with Crippen molar-refractivity contribution in [2.75, 3.05) is 13.1 Å². The summed E-state index contributed by atoms with van der Waals surface area (Å²) >= 11 is 0. The first kappa shape index (κ1) is 13.3. The Balaban J connectivity index is 1.87. The van der Waals surface area contributed by atoms with Gasteiger partial charge in [0.25, 0.3) is 5.91 Å². The Hall–Kier alpha value is -2.12. The number of carboxylic acid groups (broad SMARTS) is 1. The molecule has 2 aliphatic rings. The number of amides is 4. The Bertz CT molecular complexity index is 416. The first-order valence-electron chi connectivity index (χ1n) is 6.06. The fourth-order valence-corrected chi connectivity index (χ4v) is 2.03. The lowest BCUT2D eigenvalue weighted by molar-refractivity contribution is -0.138. The summed E-state index contributed by atoms with van der Waals surface area (Å²) in [7, 11) is 0. The molecule has 1 saturated carbocycles. The van der Waals surface area contributed by atoms with Gasteiger partial charge in [-0.2, -0.15) is 0 Å². The zero-order valence-corrected chi connectivity index (χ0v) is 10.2. The van der Waals surface area contributed by atoms with Crippen molar-refractivity contribution in [2.24, 2.45) is 5.92 Å². The number of imide groups is 1. The number of carbonyl (C=O) groups excluding carboxylic acids is 3. The monoisotopic (exact) mass is 269 g/mol. The maximum absolute atomic E-state index is 11.7. The van der Waals surface area contributed by atoms with Crippen LogP contribution in [0.5, 0.6) is 0 Å². The predicted octanol–water partition coefficient (Wildman–Crippen LogP) is -1.09. The number of hydrogen-bond acceptors (Lipinski definition) is 4. The maximum Gasteiger partial charge on any atom is 0.325 e. The Labute approximate surface area is 109 Å². The molecule has 19 heavy (non-hydrogen) atoms. The molecule has 0 radical (unpaired) electrons. The molecule has 2 rings (SSSR count). The van der Waals surface area contributed by atoms with Crippen molar-refractivity contribution in [3.05, 3.63) is 0 Å². The molecule has 1 aliphatic heterocycles. The molecule has 0 bridgehead atoms. The molecule has 0 aromatic rings. The highest BCUT2D eigenvalue weighted by atomic mass is 16.4. The van der Waals surface area contributed by atoms with Crippen LogP contribution in [0.2, 0.25) is 0 Å². The summed E-state index contributed by atoms with van der Waals surface area (Å²) in [6.07, 6.45) is 1.64. The second-order valence-corrected chi connectivity index (χ2v) is 4.75. The second-order valence-electron chi connectivity index (χ2n) is 4.75. The molecule has 8 heteroatoms. The summed E-state index contributed by atoms with van der Waals surface area (Å²) in [5.41, 5.74) is 0. The third-order valence-corrected chi connectivity index (χ3v) is 3.17. The van der Waals surface area contributed by atoms with E-state index in [-0.39, 0.29) is 25.4 Å². The maximum atomic E-state index is 11.7. The van der Waals surface area contributed by atoms with Crippen LogP contribution in [0.15, 0.2) is 0 Å². The van der Waals surface area contributed by atoms with Crippen molar-refractivity contribution in [1.82, 2.24) is 15.5 Å². The normalized spacial score (nSPS) is 20.1. The Morgan fingerprint density at radius 2 is 2.11 bits per heavy atom. The SMILES string of the molecule is O=C(O)CC(NC(=O)CN1C(=O)CNC1=O)C1CC1. The first-order chi connectivity index (χ1) is 8.97. The van der Waals surface area contributed by atoms with Gasteiger partial charge in [-0.1, -0.05) is 0 Å². The highest BCUT2D eigenvalue weighted by molar-refractivity contribution is 6.04. The summed E-state index contributed by atoms with van der Waals surface area (Å²) in [5.74, 6) is -1.76. The quantitative estimate of drug-likeness (QED) is 0.530. The minimum atomic E-state index is -0.979. The number of urea groups is 1. The van der Waals surface area contributed by atoms with Gasteiger partial charge in [-0.05, 0) is 18.8 Å². The zero-order valence-electron chi connectivity index (χ0n) is 10.2. The third kappa shape index (κ3) is 3.43. The van der Waals surface area contributed by atoms with Gasteiger partial charge in [0.2, 0.25) is 5.91 Å². The van der Waals surface area contributed by atoms with Crippen molar-refractivity contribution in [1.29, 1.82) is 0 Å². The summed E-state index contributed by atoms with van der Waals surface area (Å²) < 4.78 is 0. The molecular formula is C11H15N3O5. The predicted molar refractivity (Wildman–Crippen MR) is 62.0 cm³/mol. The summed E-state index contributed by atoms with van der Waals surface area (Å²) in [5, 5.41) is 13.7. The van der Waals surface area contributed by atoms with Gasteiger partial charge in [0.05, 0.1) is 13.0 Å². The van der Waals surface area contributed by atoms with Crippen LogP contribution in [0.4, 0.5) is 4.79 Å². The van der Waals surface area contributed by atoms with E-state index in [0.29, 0.717) is 0 Å². The van der Waals surface area contributed by atoms with E-state index in [2.05, 4.69) is 10.6 Å². The van der Waals surface area contributed by atoms with Crippen LogP contribution >= 0.6 is 0 Å². The van der Waals surface area contributed by atoms with Crippen LogP contribution in [0.3, 0.4) is 0 Å². The first-order valence-corrected chi connectivity index (χ1v) is 6.06. The highest BCUT2D eigenvalue weighted by Gasteiger charge is 2.35. The largest absolute Gasteiger partial charge is 0.481 e. The number of rotatable bonds is 6. The highest BCUT2D eigenvalue weighted by Crippen LogP contribution is 2.34. The van der Waals surface area contributed by atoms with Crippen molar-refractivity contribution >= 4 is 23.8 Å². The molecule has 0 spiro atoms. The van der Waals surface area contributed by atoms with Gasteiger partial charge in [-0.15, -0.1) is 0 Å². The average Bonchev–Trinajstić information content (AvgIpc) is 3.11. The van der Waals surface area contributed by atoms with Crippen LogP contribution in [-0.4, -0.2) is 53.0 Å². The number of aliphatic carboxylic acids is 1. The fourth-order valence-electron chi connectivity index (χ4n) is 2.03. The number of carbonyl (C=O) groups is 4.